The van der Waals surface area contributed by atoms with Crippen LogP contribution in [-0.4, -0.2) is 11.1 Å². The maximum Gasteiger partial charge on any atom is 0.336 e. The average Bonchev–Trinajstić information content (AvgIpc) is 3.03. The van der Waals surface area contributed by atoms with Gasteiger partial charge in [-0.2, -0.15) is 0 Å². The van der Waals surface area contributed by atoms with Gasteiger partial charge in [-0.25, -0.2) is 4.79 Å². The second kappa shape index (κ2) is 5.18. The number of hydrogen-bond donors (Lipinski definition) is 1. The van der Waals surface area contributed by atoms with E-state index >= 15 is 0 Å². The Balaban J connectivity index is 1.76. The molecular formula is C19H22O2. The lowest BCUT2D eigenvalue weighted by Gasteiger charge is -2.35. The molecule has 2 heteroatoms. The van der Waals surface area contributed by atoms with Gasteiger partial charge >= 0.3 is 5.97 Å². The van der Waals surface area contributed by atoms with E-state index < -0.39 is 5.97 Å². The normalized spacial score (nSPS) is 31.2. The van der Waals surface area contributed by atoms with Crippen LogP contribution in [0, 0.1) is 17.3 Å². The predicted octanol–water partition coefficient (Wildman–Crippen LogP) is 4.78. The summed E-state index contributed by atoms with van der Waals surface area (Å²) in [5.41, 5.74) is 2.76. The topological polar surface area (TPSA) is 37.3 Å². The number of carbonyl (C=O) groups is 1. The van der Waals surface area contributed by atoms with Crippen molar-refractivity contribution < 1.29 is 9.90 Å². The standard InChI is InChI=1S/C19H22O2/c1-13-15-9-10-16(12-15)19(13,2)11-5-7-14-6-3-4-8-17(14)18(20)21/h3-8,15-16H,1,9-12H2,2H3,(H,20,21). The Kier molecular flexibility index (Phi) is 3.48. The molecule has 2 aliphatic rings. The van der Waals surface area contributed by atoms with Crippen LogP contribution in [0.15, 0.2) is 42.5 Å². The van der Waals surface area contributed by atoms with Crippen LogP contribution < -0.4 is 0 Å². The second-order valence-corrected chi connectivity index (χ2v) is 6.65. The second-order valence-electron chi connectivity index (χ2n) is 6.65. The summed E-state index contributed by atoms with van der Waals surface area (Å²) in [6.07, 6.45) is 8.97. The molecule has 1 N–H and O–H groups in total. The van der Waals surface area contributed by atoms with Crippen molar-refractivity contribution in [3.8, 4) is 0 Å². The van der Waals surface area contributed by atoms with E-state index in [0.717, 1.165) is 23.8 Å². The van der Waals surface area contributed by atoms with Gasteiger partial charge in [0.05, 0.1) is 5.56 Å². The van der Waals surface area contributed by atoms with Crippen molar-refractivity contribution in [2.45, 2.75) is 32.6 Å². The van der Waals surface area contributed by atoms with Crippen molar-refractivity contribution in [2.75, 3.05) is 0 Å². The fraction of sp³-hybridized carbons (Fsp3) is 0.421. The third-order valence-electron chi connectivity index (χ3n) is 5.59. The van der Waals surface area contributed by atoms with E-state index in [9.17, 15) is 9.90 Å². The molecule has 2 bridgehead atoms. The SMILES string of the molecule is C=C1C2CCC(C2)C1(C)CC=Cc1ccccc1C(=O)O. The first-order valence-corrected chi connectivity index (χ1v) is 7.70. The molecule has 110 valence electrons. The van der Waals surface area contributed by atoms with Gasteiger partial charge in [-0.15, -0.1) is 0 Å². The molecule has 0 aliphatic heterocycles. The fourth-order valence-corrected chi connectivity index (χ4v) is 4.17. The first-order chi connectivity index (χ1) is 10.0. The maximum atomic E-state index is 11.2. The van der Waals surface area contributed by atoms with Crippen LogP contribution in [0.3, 0.4) is 0 Å². The monoisotopic (exact) mass is 282 g/mol. The lowest BCUT2D eigenvalue weighted by Crippen LogP contribution is -2.25. The number of hydrogen-bond acceptors (Lipinski definition) is 1. The Morgan fingerprint density at radius 1 is 1.43 bits per heavy atom. The molecule has 1 aromatic rings. The van der Waals surface area contributed by atoms with E-state index in [4.69, 9.17) is 0 Å². The van der Waals surface area contributed by atoms with Gasteiger partial charge in [-0.1, -0.05) is 49.4 Å². The van der Waals surface area contributed by atoms with Crippen LogP contribution in [-0.2, 0) is 0 Å². The van der Waals surface area contributed by atoms with Crippen LogP contribution >= 0.6 is 0 Å². The highest BCUT2D eigenvalue weighted by atomic mass is 16.4. The number of aromatic carboxylic acids is 1. The minimum Gasteiger partial charge on any atom is -0.478 e. The highest BCUT2D eigenvalue weighted by molar-refractivity contribution is 5.92. The van der Waals surface area contributed by atoms with Gasteiger partial charge in [0.1, 0.15) is 0 Å². The highest BCUT2D eigenvalue weighted by Crippen LogP contribution is 2.60. The highest BCUT2D eigenvalue weighted by Gasteiger charge is 2.49. The summed E-state index contributed by atoms with van der Waals surface area (Å²) in [5.74, 6) is 0.611. The molecule has 2 aliphatic carbocycles. The minimum absolute atomic E-state index is 0.206. The predicted molar refractivity (Wildman–Crippen MR) is 85.1 cm³/mol. The summed E-state index contributed by atoms with van der Waals surface area (Å²) in [6, 6.07) is 7.16. The van der Waals surface area contributed by atoms with Crippen LogP contribution in [0.25, 0.3) is 6.08 Å². The third-order valence-corrected chi connectivity index (χ3v) is 5.59. The van der Waals surface area contributed by atoms with E-state index in [1.54, 1.807) is 12.1 Å². The summed E-state index contributed by atoms with van der Waals surface area (Å²) >= 11 is 0. The summed E-state index contributed by atoms with van der Waals surface area (Å²) < 4.78 is 0. The molecule has 0 spiro atoms. The van der Waals surface area contributed by atoms with Crippen LogP contribution in [0.5, 0.6) is 0 Å². The van der Waals surface area contributed by atoms with E-state index in [0.29, 0.717) is 5.56 Å². The van der Waals surface area contributed by atoms with Gasteiger partial charge in [0, 0.05) is 0 Å². The third kappa shape index (κ3) is 2.33. The summed E-state index contributed by atoms with van der Waals surface area (Å²) in [4.78, 5) is 11.2. The average molecular weight is 282 g/mol. The van der Waals surface area contributed by atoms with Crippen LogP contribution in [0.4, 0.5) is 0 Å². The summed E-state index contributed by atoms with van der Waals surface area (Å²) in [6.45, 7) is 6.66. The van der Waals surface area contributed by atoms with Gasteiger partial charge in [0.25, 0.3) is 0 Å². The Morgan fingerprint density at radius 3 is 2.86 bits per heavy atom. The zero-order chi connectivity index (χ0) is 15.0. The lowest BCUT2D eigenvalue weighted by atomic mass is 9.69. The van der Waals surface area contributed by atoms with Crippen molar-refractivity contribution in [3.05, 3.63) is 53.6 Å². The van der Waals surface area contributed by atoms with Gasteiger partial charge in [-0.05, 0) is 54.6 Å². The molecule has 0 saturated heterocycles. The summed E-state index contributed by atoms with van der Waals surface area (Å²) in [7, 11) is 0. The van der Waals surface area contributed by atoms with Crippen LogP contribution in [0.2, 0.25) is 0 Å². The van der Waals surface area contributed by atoms with Crippen molar-refractivity contribution in [1.82, 2.24) is 0 Å². The molecule has 0 heterocycles. The lowest BCUT2D eigenvalue weighted by molar-refractivity contribution is 0.0696. The molecule has 0 aromatic heterocycles. The molecule has 21 heavy (non-hydrogen) atoms. The maximum absolute atomic E-state index is 11.2. The number of rotatable bonds is 4. The zero-order valence-corrected chi connectivity index (χ0v) is 12.5. The van der Waals surface area contributed by atoms with E-state index in [1.165, 1.54) is 24.8 Å². The van der Waals surface area contributed by atoms with Crippen molar-refractivity contribution in [2.24, 2.45) is 17.3 Å². The fourth-order valence-electron chi connectivity index (χ4n) is 4.17. The van der Waals surface area contributed by atoms with Crippen molar-refractivity contribution in [3.63, 3.8) is 0 Å². The molecule has 3 rings (SSSR count). The molecule has 3 unspecified atom stereocenters. The minimum atomic E-state index is -0.870. The number of benzene rings is 1. The van der Waals surface area contributed by atoms with E-state index in [-0.39, 0.29) is 5.41 Å². The molecule has 3 atom stereocenters. The molecule has 2 saturated carbocycles. The van der Waals surface area contributed by atoms with E-state index in [2.05, 4.69) is 19.6 Å². The Labute approximate surface area is 126 Å². The van der Waals surface area contributed by atoms with Gasteiger partial charge in [0.2, 0.25) is 0 Å². The Hall–Kier alpha value is -1.83. The molecule has 0 amide bonds. The Bertz CT molecular complexity index is 614. The first kappa shape index (κ1) is 14.1. The van der Waals surface area contributed by atoms with Gasteiger partial charge in [-0.3, -0.25) is 0 Å². The smallest absolute Gasteiger partial charge is 0.336 e. The number of carboxylic acid groups (broad SMARTS) is 1. The number of carboxylic acids is 1. The van der Waals surface area contributed by atoms with Gasteiger partial charge in [0.15, 0.2) is 0 Å². The van der Waals surface area contributed by atoms with Crippen LogP contribution in [0.1, 0.15) is 48.5 Å². The largest absolute Gasteiger partial charge is 0.478 e. The first-order valence-electron chi connectivity index (χ1n) is 7.70. The summed E-state index contributed by atoms with van der Waals surface area (Å²) in [5, 5.41) is 9.21. The van der Waals surface area contributed by atoms with E-state index in [1.807, 2.05) is 18.2 Å². The molecule has 2 nitrogen and oxygen atoms in total. The molecule has 1 aromatic carbocycles. The Morgan fingerprint density at radius 2 is 2.19 bits per heavy atom. The van der Waals surface area contributed by atoms with Crippen molar-refractivity contribution in [1.29, 1.82) is 0 Å². The molecule has 2 fully saturated rings. The number of fused-ring (bicyclic) bond motifs is 2. The zero-order valence-electron chi connectivity index (χ0n) is 12.5. The molecular weight excluding hydrogens is 260 g/mol. The van der Waals surface area contributed by atoms with Crippen molar-refractivity contribution >= 4 is 12.0 Å². The van der Waals surface area contributed by atoms with Gasteiger partial charge < -0.3 is 5.11 Å². The quantitative estimate of drug-likeness (QED) is 0.807. The molecule has 0 radical (unpaired) electrons. The number of allylic oxidation sites excluding steroid dienone is 2.